The van der Waals surface area contributed by atoms with Crippen LogP contribution in [0.15, 0.2) is 53.1 Å². The molecule has 154 valence electrons. The van der Waals surface area contributed by atoms with Gasteiger partial charge >= 0.3 is 0 Å². The van der Waals surface area contributed by atoms with Gasteiger partial charge in [-0.2, -0.15) is 10.2 Å². The molecule has 0 fully saturated rings. The van der Waals surface area contributed by atoms with E-state index in [1.54, 1.807) is 18.2 Å². The van der Waals surface area contributed by atoms with Crippen molar-refractivity contribution in [3.05, 3.63) is 71.4 Å². The molecule has 1 aliphatic rings. The summed E-state index contributed by atoms with van der Waals surface area (Å²) < 4.78 is 11.3. The molecule has 2 heterocycles. The zero-order valence-corrected chi connectivity index (χ0v) is 16.7. The second kappa shape index (κ2) is 7.78. The number of para-hydroxylation sites is 1. The van der Waals surface area contributed by atoms with Crippen LogP contribution in [-0.4, -0.2) is 32.1 Å². The molecule has 0 aliphatic carbocycles. The quantitative estimate of drug-likeness (QED) is 0.664. The number of aliphatic hydroxyl groups excluding tert-OH is 2. The van der Waals surface area contributed by atoms with Crippen LogP contribution in [0.5, 0.6) is 5.75 Å². The van der Waals surface area contributed by atoms with Gasteiger partial charge in [-0.1, -0.05) is 23.4 Å². The fraction of sp³-hybridized carbons (Fsp3) is 0.318. The summed E-state index contributed by atoms with van der Waals surface area (Å²) in [4.78, 5) is 6.15. The molecule has 2 N–H and O–H groups in total. The Bertz CT molecular complexity index is 1070. The second-order valence-electron chi connectivity index (χ2n) is 7.69. The molecule has 3 aromatic rings. The average Bonchev–Trinajstić information content (AvgIpc) is 3.21. The Hall–Kier alpha value is -3.41. The monoisotopic (exact) mass is 406 g/mol. The van der Waals surface area contributed by atoms with Gasteiger partial charge in [-0.25, -0.2) is 0 Å². The fourth-order valence-electron chi connectivity index (χ4n) is 3.71. The normalized spacial score (nSPS) is 19.4. The first-order valence-electron chi connectivity index (χ1n) is 9.58. The van der Waals surface area contributed by atoms with E-state index in [2.05, 4.69) is 16.2 Å². The highest BCUT2D eigenvalue weighted by Gasteiger charge is 2.46. The van der Waals surface area contributed by atoms with Crippen LogP contribution in [0.4, 0.5) is 5.69 Å². The molecule has 30 heavy (non-hydrogen) atoms. The summed E-state index contributed by atoms with van der Waals surface area (Å²) in [7, 11) is 0. The summed E-state index contributed by atoms with van der Waals surface area (Å²) >= 11 is 0. The molecule has 4 rings (SSSR count). The Kier molecular flexibility index (Phi) is 5.16. The molecule has 0 bridgehead atoms. The lowest BCUT2D eigenvalue weighted by Gasteiger charge is -2.46. The van der Waals surface area contributed by atoms with Gasteiger partial charge < -0.3 is 24.4 Å². The first-order valence-corrected chi connectivity index (χ1v) is 9.58. The van der Waals surface area contributed by atoms with E-state index in [9.17, 15) is 15.5 Å². The van der Waals surface area contributed by atoms with Crippen molar-refractivity contribution in [3.63, 3.8) is 0 Å². The van der Waals surface area contributed by atoms with Gasteiger partial charge in [0.2, 0.25) is 5.89 Å². The molecule has 8 nitrogen and oxygen atoms in total. The number of hydrogen-bond acceptors (Lipinski definition) is 8. The van der Waals surface area contributed by atoms with E-state index >= 15 is 0 Å². The number of fused-ring (bicyclic) bond motifs is 1. The molecule has 0 saturated heterocycles. The smallest absolute Gasteiger partial charge is 0.246 e. The zero-order valence-electron chi connectivity index (χ0n) is 16.7. The molecule has 1 aliphatic heterocycles. The second-order valence-corrected chi connectivity index (χ2v) is 7.69. The van der Waals surface area contributed by atoms with Gasteiger partial charge in [-0.3, -0.25) is 0 Å². The van der Waals surface area contributed by atoms with Crippen LogP contribution in [0.1, 0.15) is 42.7 Å². The van der Waals surface area contributed by atoms with E-state index in [4.69, 9.17) is 9.26 Å². The summed E-state index contributed by atoms with van der Waals surface area (Å²) in [6, 6.07) is 16.4. The van der Waals surface area contributed by atoms with E-state index < -0.39 is 17.7 Å². The standard InChI is InChI=1S/C22H22N4O4/c1-22(2)21(28)20(16-10-14(11-23)8-9-17(16)29-22)26(15-6-4-3-5-7-15)12-19-24-18(13-27)25-30-19/h3-10,20-21,27-28H,12-13H2,1-2H3/t20-,21+/m0/s1. The minimum Gasteiger partial charge on any atom is -0.485 e. The highest BCUT2D eigenvalue weighted by atomic mass is 16.5. The Morgan fingerprint density at radius 1 is 1.20 bits per heavy atom. The lowest BCUT2D eigenvalue weighted by molar-refractivity contribution is -0.0592. The van der Waals surface area contributed by atoms with Gasteiger partial charge in [0.05, 0.1) is 24.2 Å². The minimum absolute atomic E-state index is 0.193. The van der Waals surface area contributed by atoms with Crippen LogP contribution in [0.25, 0.3) is 0 Å². The van der Waals surface area contributed by atoms with Crippen molar-refractivity contribution < 1.29 is 19.5 Å². The summed E-state index contributed by atoms with van der Waals surface area (Å²) in [5.41, 5.74) is 1.13. The van der Waals surface area contributed by atoms with Gasteiger partial charge in [-0.05, 0) is 44.2 Å². The molecule has 0 spiro atoms. The van der Waals surface area contributed by atoms with Crippen molar-refractivity contribution in [2.75, 3.05) is 4.90 Å². The van der Waals surface area contributed by atoms with Crippen LogP contribution in [0.3, 0.4) is 0 Å². The van der Waals surface area contributed by atoms with Gasteiger partial charge in [0.1, 0.15) is 24.1 Å². The molecule has 8 heteroatoms. The molecule has 2 aromatic carbocycles. The topological polar surface area (TPSA) is 116 Å². The number of anilines is 1. The molecule has 0 saturated carbocycles. The predicted molar refractivity (Wildman–Crippen MR) is 107 cm³/mol. The number of nitriles is 1. The number of nitrogens with zero attached hydrogens (tertiary/aromatic N) is 4. The third-order valence-electron chi connectivity index (χ3n) is 5.22. The molecule has 0 amide bonds. The first-order chi connectivity index (χ1) is 14.4. The van der Waals surface area contributed by atoms with Crippen molar-refractivity contribution in [3.8, 4) is 11.8 Å². The Labute approximate surface area is 173 Å². The van der Waals surface area contributed by atoms with Crippen molar-refractivity contribution in [2.24, 2.45) is 0 Å². The van der Waals surface area contributed by atoms with Gasteiger partial charge in [0.25, 0.3) is 0 Å². The maximum atomic E-state index is 11.3. The van der Waals surface area contributed by atoms with Gasteiger partial charge in [-0.15, -0.1) is 0 Å². The Morgan fingerprint density at radius 3 is 2.63 bits per heavy atom. The van der Waals surface area contributed by atoms with E-state index in [0.29, 0.717) is 22.8 Å². The van der Waals surface area contributed by atoms with Crippen LogP contribution >= 0.6 is 0 Å². The minimum atomic E-state index is -0.917. The lowest BCUT2D eigenvalue weighted by Crippen LogP contribution is -2.53. The highest BCUT2D eigenvalue weighted by molar-refractivity contribution is 5.54. The molecule has 2 atom stereocenters. The maximum Gasteiger partial charge on any atom is 0.246 e. The van der Waals surface area contributed by atoms with Gasteiger partial charge in [0.15, 0.2) is 5.82 Å². The summed E-state index contributed by atoms with van der Waals surface area (Å²) in [5, 5.41) is 33.7. The largest absolute Gasteiger partial charge is 0.485 e. The number of aliphatic hydroxyl groups is 2. The van der Waals surface area contributed by atoms with Gasteiger partial charge in [0, 0.05) is 11.3 Å². The number of aromatic nitrogens is 2. The SMILES string of the molecule is CC1(C)Oc2ccc(C#N)cc2[C@H](N(Cc2nc(CO)no2)c2ccccc2)[C@H]1O. The van der Waals surface area contributed by atoms with E-state index in [1.807, 2.05) is 49.1 Å². The van der Waals surface area contributed by atoms with Crippen LogP contribution in [0, 0.1) is 11.3 Å². The number of benzene rings is 2. The summed E-state index contributed by atoms with van der Waals surface area (Å²) in [5.74, 6) is 1.10. The first kappa shape index (κ1) is 19.9. The lowest BCUT2D eigenvalue weighted by atomic mass is 9.84. The molecular formula is C22H22N4O4. The Morgan fingerprint density at radius 2 is 1.97 bits per heavy atom. The van der Waals surface area contributed by atoms with Crippen molar-refractivity contribution in [1.29, 1.82) is 5.26 Å². The molecular weight excluding hydrogens is 384 g/mol. The van der Waals surface area contributed by atoms with Crippen molar-refractivity contribution in [2.45, 2.75) is 44.7 Å². The third kappa shape index (κ3) is 3.61. The van der Waals surface area contributed by atoms with Crippen molar-refractivity contribution in [1.82, 2.24) is 10.1 Å². The molecule has 1 aromatic heterocycles. The summed E-state index contributed by atoms with van der Waals surface area (Å²) in [6.07, 6.45) is -0.917. The van der Waals surface area contributed by atoms with Crippen LogP contribution in [-0.2, 0) is 13.2 Å². The van der Waals surface area contributed by atoms with E-state index in [0.717, 1.165) is 5.69 Å². The summed E-state index contributed by atoms with van der Waals surface area (Å²) in [6.45, 7) is 3.53. The van der Waals surface area contributed by atoms with E-state index in [1.165, 1.54) is 0 Å². The maximum absolute atomic E-state index is 11.3. The molecule has 0 unspecified atom stereocenters. The third-order valence-corrected chi connectivity index (χ3v) is 5.22. The highest BCUT2D eigenvalue weighted by Crippen LogP contribution is 2.45. The predicted octanol–water partition coefficient (Wildman–Crippen LogP) is 2.71. The van der Waals surface area contributed by atoms with Crippen LogP contribution < -0.4 is 9.64 Å². The zero-order chi connectivity index (χ0) is 21.3. The number of hydrogen-bond donors (Lipinski definition) is 2. The number of rotatable bonds is 5. The van der Waals surface area contributed by atoms with E-state index in [-0.39, 0.29) is 19.0 Å². The number of ether oxygens (including phenoxy) is 1. The van der Waals surface area contributed by atoms with Crippen molar-refractivity contribution >= 4 is 5.69 Å². The fourth-order valence-corrected chi connectivity index (χ4v) is 3.71. The molecule has 0 radical (unpaired) electrons. The van der Waals surface area contributed by atoms with Crippen LogP contribution in [0.2, 0.25) is 0 Å². The average molecular weight is 406 g/mol. The Balaban J connectivity index is 1.85.